The summed E-state index contributed by atoms with van der Waals surface area (Å²) in [6, 6.07) is 55.8. The smallest absolute Gasteiger partial charge is 0.160 e. The van der Waals surface area contributed by atoms with E-state index < -0.39 is 0 Å². The molecule has 7 aromatic carbocycles. The monoisotopic (exact) mass is 601 g/mol. The van der Waals surface area contributed by atoms with Crippen LogP contribution in [0.4, 0.5) is 0 Å². The summed E-state index contributed by atoms with van der Waals surface area (Å²) in [5.41, 5.74) is 9.43. The third-order valence-corrected chi connectivity index (χ3v) is 8.43. The highest BCUT2D eigenvalue weighted by molar-refractivity contribution is 6.21. The maximum atomic E-state index is 9.64. The van der Waals surface area contributed by atoms with Crippen LogP contribution in [0.3, 0.4) is 0 Å². The molecule has 0 N–H and O–H groups in total. The van der Waals surface area contributed by atoms with Gasteiger partial charge in [-0.2, -0.15) is 5.26 Å². The van der Waals surface area contributed by atoms with E-state index in [0.29, 0.717) is 17.1 Å². The van der Waals surface area contributed by atoms with Crippen molar-refractivity contribution < 1.29 is 0 Å². The molecule has 3 nitrogen and oxygen atoms in total. The summed E-state index contributed by atoms with van der Waals surface area (Å²) in [6.45, 7) is 6.42. The van der Waals surface area contributed by atoms with Gasteiger partial charge in [0.25, 0.3) is 0 Å². The predicted octanol–water partition coefficient (Wildman–Crippen LogP) is 11.1. The van der Waals surface area contributed by atoms with Gasteiger partial charge in [-0.05, 0) is 74.5 Å². The normalized spacial score (nSPS) is 11.8. The van der Waals surface area contributed by atoms with Crippen LogP contribution in [0.2, 0.25) is 0 Å². The summed E-state index contributed by atoms with van der Waals surface area (Å²) in [5, 5.41) is 14.2. The van der Waals surface area contributed by atoms with Crippen LogP contribution >= 0.6 is 0 Å². The minimum Gasteiger partial charge on any atom is -0.233 e. The molecule has 0 aromatic heterocycles. The Kier molecular flexibility index (Phi) is 8.07. The number of benzene rings is 7. The first-order valence-electron chi connectivity index (χ1n) is 15.6. The van der Waals surface area contributed by atoms with Gasteiger partial charge in [0.15, 0.2) is 5.84 Å². The van der Waals surface area contributed by atoms with E-state index in [-0.39, 0.29) is 0 Å². The van der Waals surface area contributed by atoms with Crippen molar-refractivity contribution in [3.63, 3.8) is 0 Å². The van der Waals surface area contributed by atoms with Crippen LogP contribution in [-0.4, -0.2) is 11.5 Å². The second-order valence-corrected chi connectivity index (χ2v) is 11.4. The minimum absolute atomic E-state index is 0.613. The fraction of sp³-hybridized carbons (Fsp3) is 0.0227. The molecule has 0 heterocycles. The van der Waals surface area contributed by atoms with Crippen molar-refractivity contribution in [2.45, 2.75) is 6.92 Å². The highest BCUT2D eigenvalue weighted by Gasteiger charge is 2.17. The van der Waals surface area contributed by atoms with Crippen LogP contribution in [0, 0.1) is 11.3 Å². The van der Waals surface area contributed by atoms with Gasteiger partial charge in [-0.15, -0.1) is 0 Å². The van der Waals surface area contributed by atoms with Crippen LogP contribution < -0.4 is 0 Å². The lowest BCUT2D eigenvalue weighted by Crippen LogP contribution is -2.04. The minimum atomic E-state index is 0.613. The van der Waals surface area contributed by atoms with Crippen molar-refractivity contribution in [3.8, 4) is 28.3 Å². The standard InChI is InChI=1S/C44H31N3/c1-30(33-16-5-3-6-17-33)46-44(34-18-7-4-8-19-34)47-31(2)35-20-14-22-37(28-35)43-40-25-11-9-23-38(40)42(39-24-10-12-26-41(39)43)36-21-13-15-32(27-36)29-45/h3-28H,2H2,1H3. The van der Waals surface area contributed by atoms with Gasteiger partial charge >= 0.3 is 0 Å². The molecule has 0 spiro atoms. The molecule has 0 aliphatic heterocycles. The van der Waals surface area contributed by atoms with Gasteiger partial charge in [0, 0.05) is 16.8 Å². The Morgan fingerprint density at radius 3 is 1.53 bits per heavy atom. The van der Waals surface area contributed by atoms with Gasteiger partial charge in [-0.3, -0.25) is 0 Å². The van der Waals surface area contributed by atoms with E-state index in [1.54, 1.807) is 0 Å². The fourth-order valence-electron chi connectivity index (χ4n) is 6.19. The van der Waals surface area contributed by atoms with Crippen molar-refractivity contribution in [2.75, 3.05) is 0 Å². The quantitative estimate of drug-likeness (QED) is 0.106. The summed E-state index contributed by atoms with van der Waals surface area (Å²) in [5.74, 6) is 0.613. The Balaban J connectivity index is 1.38. The molecule has 0 saturated heterocycles. The van der Waals surface area contributed by atoms with E-state index in [0.717, 1.165) is 66.2 Å². The number of aliphatic imine (C=N–C) groups is 2. The maximum Gasteiger partial charge on any atom is 0.160 e. The van der Waals surface area contributed by atoms with Crippen LogP contribution in [0.1, 0.15) is 29.2 Å². The van der Waals surface area contributed by atoms with Gasteiger partial charge in [-0.1, -0.05) is 146 Å². The second kappa shape index (κ2) is 12.9. The molecule has 0 atom stereocenters. The van der Waals surface area contributed by atoms with Crippen LogP contribution in [0.25, 0.3) is 49.5 Å². The van der Waals surface area contributed by atoms with Gasteiger partial charge in [0.1, 0.15) is 0 Å². The first-order chi connectivity index (χ1) is 23.1. The molecular formula is C44H31N3. The first kappa shape index (κ1) is 29.3. The second-order valence-electron chi connectivity index (χ2n) is 11.4. The van der Waals surface area contributed by atoms with E-state index in [9.17, 15) is 5.26 Å². The van der Waals surface area contributed by atoms with Crippen molar-refractivity contribution in [3.05, 3.63) is 187 Å². The van der Waals surface area contributed by atoms with E-state index in [1.807, 2.05) is 73.7 Å². The molecule has 0 bridgehead atoms. The molecule has 0 unspecified atom stereocenters. The molecule has 0 saturated carbocycles. The van der Waals surface area contributed by atoms with Gasteiger partial charge in [-0.25, -0.2) is 9.98 Å². The van der Waals surface area contributed by atoms with Crippen molar-refractivity contribution in [2.24, 2.45) is 9.98 Å². The molecule has 47 heavy (non-hydrogen) atoms. The Labute approximate surface area is 275 Å². The van der Waals surface area contributed by atoms with E-state index in [4.69, 9.17) is 9.98 Å². The number of nitriles is 1. The molecule has 222 valence electrons. The lowest BCUT2D eigenvalue weighted by Gasteiger charge is -2.18. The summed E-state index contributed by atoms with van der Waals surface area (Å²) >= 11 is 0. The highest BCUT2D eigenvalue weighted by atomic mass is 14.9. The summed E-state index contributed by atoms with van der Waals surface area (Å²) < 4.78 is 0. The average Bonchev–Trinajstić information content (AvgIpc) is 3.14. The summed E-state index contributed by atoms with van der Waals surface area (Å²) in [4.78, 5) is 10.0. The molecule has 0 aliphatic rings. The lowest BCUT2D eigenvalue weighted by molar-refractivity contribution is 1.44. The van der Waals surface area contributed by atoms with Crippen LogP contribution in [0.5, 0.6) is 0 Å². The molecule has 0 radical (unpaired) electrons. The number of nitrogens with zero attached hydrogens (tertiary/aromatic N) is 3. The summed E-state index contributed by atoms with van der Waals surface area (Å²) in [6.07, 6.45) is 0. The van der Waals surface area contributed by atoms with Crippen LogP contribution in [0.15, 0.2) is 174 Å². The van der Waals surface area contributed by atoms with E-state index >= 15 is 0 Å². The number of hydrogen-bond donors (Lipinski definition) is 0. The van der Waals surface area contributed by atoms with Crippen molar-refractivity contribution in [1.82, 2.24) is 0 Å². The molecule has 0 amide bonds. The average molecular weight is 602 g/mol. The SMILES string of the molecule is C=C(N=C(N=C(C)c1ccccc1)c1ccccc1)c1cccc(-c2c3ccccc3c(-c3cccc(C#N)c3)c3ccccc23)c1. The van der Waals surface area contributed by atoms with E-state index in [2.05, 4.69) is 104 Å². The third kappa shape index (κ3) is 5.89. The van der Waals surface area contributed by atoms with Gasteiger partial charge in [0.2, 0.25) is 0 Å². The predicted molar refractivity (Wildman–Crippen MR) is 198 cm³/mol. The lowest BCUT2D eigenvalue weighted by atomic mass is 9.85. The number of hydrogen-bond acceptors (Lipinski definition) is 2. The molecular weight excluding hydrogens is 571 g/mol. The fourth-order valence-corrected chi connectivity index (χ4v) is 6.19. The molecule has 7 aromatic rings. The Morgan fingerprint density at radius 2 is 0.979 bits per heavy atom. The largest absolute Gasteiger partial charge is 0.233 e. The number of fused-ring (bicyclic) bond motifs is 2. The number of rotatable bonds is 6. The topological polar surface area (TPSA) is 48.5 Å². The maximum absolute atomic E-state index is 9.64. The number of amidine groups is 1. The molecule has 0 aliphatic carbocycles. The third-order valence-electron chi connectivity index (χ3n) is 8.43. The van der Waals surface area contributed by atoms with Crippen LogP contribution in [-0.2, 0) is 0 Å². The van der Waals surface area contributed by atoms with Gasteiger partial charge in [0.05, 0.1) is 17.3 Å². The molecule has 7 rings (SSSR count). The van der Waals surface area contributed by atoms with Crippen molar-refractivity contribution >= 4 is 38.8 Å². The molecule has 0 fully saturated rings. The Bertz CT molecular complexity index is 2320. The zero-order valence-electron chi connectivity index (χ0n) is 26.1. The van der Waals surface area contributed by atoms with Gasteiger partial charge < -0.3 is 0 Å². The highest BCUT2D eigenvalue weighted by Crippen LogP contribution is 2.44. The van der Waals surface area contributed by atoms with E-state index in [1.165, 1.54) is 0 Å². The molecule has 3 heteroatoms. The zero-order valence-corrected chi connectivity index (χ0v) is 26.1. The van der Waals surface area contributed by atoms with Crippen molar-refractivity contribution in [1.29, 1.82) is 5.26 Å². The Hall–Kier alpha value is -6.37. The Morgan fingerprint density at radius 1 is 0.511 bits per heavy atom. The summed E-state index contributed by atoms with van der Waals surface area (Å²) in [7, 11) is 0. The zero-order chi connectivity index (χ0) is 32.2. The first-order valence-corrected chi connectivity index (χ1v) is 15.6.